The van der Waals surface area contributed by atoms with Crippen molar-refractivity contribution in [3.05, 3.63) is 120 Å². The van der Waals surface area contributed by atoms with Gasteiger partial charge in [-0.15, -0.1) is 54.1 Å². The molecule has 0 bridgehead atoms. The Balaban J connectivity index is 0.000000185. The average molecular weight is 800 g/mol. The van der Waals surface area contributed by atoms with Crippen molar-refractivity contribution in [2.75, 3.05) is 0 Å². The first-order valence-corrected chi connectivity index (χ1v) is 15.4. The van der Waals surface area contributed by atoms with E-state index >= 15 is 0 Å². The molecule has 0 unspecified atom stereocenters. The Kier molecular flexibility index (Phi) is 7.00. The normalized spacial score (nSPS) is 15.6. The van der Waals surface area contributed by atoms with Gasteiger partial charge >= 0.3 is 0 Å². The van der Waals surface area contributed by atoms with Gasteiger partial charge in [-0.2, -0.15) is 0 Å². The molecule has 0 fully saturated rings. The van der Waals surface area contributed by atoms with Gasteiger partial charge in [0, 0.05) is 44.2 Å². The smallest absolute Gasteiger partial charge is 0.216 e. The van der Waals surface area contributed by atoms with Crippen LogP contribution in [0.2, 0.25) is 0 Å². The molecule has 0 aliphatic carbocycles. The number of pyridine rings is 2. The molecule has 1 aliphatic rings. The quantitative estimate of drug-likeness (QED) is 0.167. The Morgan fingerprint density at radius 2 is 1.83 bits per heavy atom. The monoisotopic (exact) mass is 800 g/mol. The molecule has 0 saturated carbocycles. The summed E-state index contributed by atoms with van der Waals surface area (Å²) in [6, 6.07) is 29.0. The molecular formula is C41H38IrN4O-2. The Morgan fingerprint density at radius 1 is 0.979 bits per heavy atom. The average Bonchev–Trinajstić information content (AvgIpc) is 3.66. The number of aromatic nitrogens is 4. The molecular weight excluding hydrogens is 757 g/mol. The number of aryl methyl sites for hydroxylation is 2. The molecule has 8 rings (SSSR count). The summed E-state index contributed by atoms with van der Waals surface area (Å²) in [7, 11) is 0. The number of imidazole rings is 1. The van der Waals surface area contributed by atoms with Crippen molar-refractivity contribution in [1.82, 2.24) is 19.5 Å². The molecule has 5 heterocycles. The zero-order valence-electron chi connectivity index (χ0n) is 32.2. The Labute approximate surface area is 297 Å². The Bertz CT molecular complexity index is 2470. The molecule has 47 heavy (non-hydrogen) atoms. The number of rotatable bonds is 3. The van der Waals surface area contributed by atoms with Gasteiger partial charge in [-0.3, -0.25) is 4.98 Å². The largest absolute Gasteiger partial charge is 0.486 e. The fourth-order valence-corrected chi connectivity index (χ4v) is 6.05. The van der Waals surface area contributed by atoms with Gasteiger partial charge in [-0.1, -0.05) is 55.5 Å². The van der Waals surface area contributed by atoms with E-state index in [1.165, 1.54) is 22.7 Å². The standard InChI is InChI=1S/C22H21N2O.C19H17N2.Ir/c1-14-8-9-17-16-6-5-7-18(20(16)25-21(17)24-14)19-12-15(10-11-23-19)13-22(2,3)4;1-13-11-15-9-10-19(2,3)21-17(15)16(12-13)20-18(21)14-7-5-4-6-8-14;/h5-6,8-12H,13H2,1-4H3;4-7,9-12H,1-3H3;/q2*-1;/i1D3,13D2;;. The van der Waals surface area contributed by atoms with Crippen LogP contribution in [0.4, 0.5) is 0 Å². The third-order valence-electron chi connectivity index (χ3n) is 7.96. The van der Waals surface area contributed by atoms with Gasteiger partial charge in [0.1, 0.15) is 0 Å². The maximum atomic E-state index is 8.55. The van der Waals surface area contributed by atoms with E-state index in [2.05, 4.69) is 77.8 Å². The van der Waals surface area contributed by atoms with Crippen molar-refractivity contribution in [1.29, 1.82) is 0 Å². The molecule has 7 aromatic rings. The fraction of sp³-hybridized carbons (Fsp3) is 0.244. The summed E-state index contributed by atoms with van der Waals surface area (Å²) in [6.45, 7) is 9.81. The molecule has 0 amide bonds. The first-order chi connectivity index (χ1) is 24.0. The van der Waals surface area contributed by atoms with Crippen LogP contribution in [0.25, 0.3) is 61.8 Å². The number of nitrogens with zero attached hydrogens (tertiary/aromatic N) is 4. The van der Waals surface area contributed by atoms with Crippen molar-refractivity contribution < 1.29 is 31.4 Å². The van der Waals surface area contributed by atoms with Gasteiger partial charge in [0.2, 0.25) is 5.71 Å². The maximum absolute atomic E-state index is 8.55. The Hall–Kier alpha value is -4.38. The third kappa shape index (κ3) is 6.33. The molecule has 6 heteroatoms. The van der Waals surface area contributed by atoms with Crippen molar-refractivity contribution in [3.8, 4) is 22.6 Å². The van der Waals surface area contributed by atoms with Crippen LogP contribution in [-0.4, -0.2) is 19.5 Å². The molecule has 0 atom stereocenters. The zero-order valence-corrected chi connectivity index (χ0v) is 29.6. The predicted octanol–water partition coefficient (Wildman–Crippen LogP) is 10.3. The molecule has 0 spiro atoms. The first kappa shape index (κ1) is 26.7. The van der Waals surface area contributed by atoms with Gasteiger partial charge in [0.05, 0.1) is 28.0 Å². The van der Waals surface area contributed by atoms with Crippen LogP contribution in [0.1, 0.15) is 63.9 Å². The van der Waals surface area contributed by atoms with Crippen molar-refractivity contribution in [2.24, 2.45) is 5.41 Å². The van der Waals surface area contributed by atoms with E-state index in [9.17, 15) is 0 Å². The number of furan rings is 1. The Morgan fingerprint density at radius 3 is 2.60 bits per heavy atom. The summed E-state index contributed by atoms with van der Waals surface area (Å²) >= 11 is 0. The molecule has 0 N–H and O–H groups in total. The van der Waals surface area contributed by atoms with Gasteiger partial charge in [-0.25, -0.2) is 4.98 Å². The van der Waals surface area contributed by atoms with Gasteiger partial charge in [0.15, 0.2) is 0 Å². The number of hydrogen-bond donors (Lipinski definition) is 0. The van der Waals surface area contributed by atoms with E-state index in [0.717, 1.165) is 22.3 Å². The second-order valence-electron chi connectivity index (χ2n) is 13.3. The van der Waals surface area contributed by atoms with Crippen LogP contribution in [0.5, 0.6) is 0 Å². The van der Waals surface area contributed by atoms with Crippen LogP contribution in [0.15, 0.2) is 89.5 Å². The van der Waals surface area contributed by atoms with Gasteiger partial charge in [0.25, 0.3) is 0 Å². The predicted molar refractivity (Wildman–Crippen MR) is 189 cm³/mol. The molecule has 1 aliphatic heterocycles. The number of benzene rings is 3. The minimum atomic E-state index is -2.32. The third-order valence-corrected chi connectivity index (χ3v) is 7.96. The summed E-state index contributed by atoms with van der Waals surface area (Å²) < 4.78 is 48.1. The summed E-state index contributed by atoms with van der Waals surface area (Å²) in [4.78, 5) is 13.5. The number of hydrogen-bond acceptors (Lipinski definition) is 4. The second kappa shape index (κ2) is 12.3. The fourth-order valence-electron chi connectivity index (χ4n) is 6.05. The van der Waals surface area contributed by atoms with Crippen LogP contribution in [0, 0.1) is 31.3 Å². The van der Waals surface area contributed by atoms with Gasteiger partial charge < -0.3 is 14.0 Å². The summed E-state index contributed by atoms with van der Waals surface area (Å²) in [5.41, 5.74) is 7.46. The second-order valence-corrected chi connectivity index (χ2v) is 13.3. The minimum absolute atomic E-state index is 0. The molecule has 1 radical (unpaired) electrons. The summed E-state index contributed by atoms with van der Waals surface area (Å²) in [5.74, 6) is 0.992. The molecule has 5 nitrogen and oxygen atoms in total. The van der Waals surface area contributed by atoms with Crippen molar-refractivity contribution in [3.63, 3.8) is 0 Å². The van der Waals surface area contributed by atoms with E-state index < -0.39 is 18.6 Å². The SMILES string of the molecule is Cc1cc2c3c(c1)nc(-c1[c-]cccc1)n3C(C)(C)C=C2.[2H]C([2H])([2H])c1ccc2c(n1)oc1c(-c3cc(C([2H])([2H])C(C)(C)C)ccn3)[c-]ccc12.[Ir]. The van der Waals surface area contributed by atoms with Crippen LogP contribution in [0.3, 0.4) is 0 Å². The van der Waals surface area contributed by atoms with E-state index in [-0.39, 0.29) is 37.1 Å². The van der Waals surface area contributed by atoms with E-state index in [4.69, 9.17) is 16.3 Å². The molecule has 3 aromatic carbocycles. The maximum Gasteiger partial charge on any atom is 0.216 e. The van der Waals surface area contributed by atoms with Gasteiger partial charge in [-0.05, 0) is 86.6 Å². The van der Waals surface area contributed by atoms with Crippen molar-refractivity contribution >= 4 is 39.2 Å². The summed E-state index contributed by atoms with van der Waals surface area (Å²) in [5, 5.41) is 1.48. The molecule has 239 valence electrons. The van der Waals surface area contributed by atoms with Crippen LogP contribution < -0.4 is 0 Å². The summed E-state index contributed by atoms with van der Waals surface area (Å²) in [6.07, 6.45) is 4.48. The molecule has 4 aromatic heterocycles. The topological polar surface area (TPSA) is 56.7 Å². The molecule has 0 saturated heterocycles. The number of fused-ring (bicyclic) bond motifs is 3. The van der Waals surface area contributed by atoms with E-state index in [1.54, 1.807) is 30.5 Å². The van der Waals surface area contributed by atoms with Crippen molar-refractivity contribution in [2.45, 2.75) is 60.3 Å². The minimum Gasteiger partial charge on any atom is -0.486 e. The van der Waals surface area contributed by atoms with Crippen LogP contribution >= 0.6 is 0 Å². The van der Waals surface area contributed by atoms with E-state index in [1.807, 2.05) is 45.0 Å². The number of allylic oxidation sites excluding steroid dienone is 1. The first-order valence-electron chi connectivity index (χ1n) is 17.9. The van der Waals surface area contributed by atoms with E-state index in [0.29, 0.717) is 27.8 Å². The zero-order chi connectivity index (χ0) is 36.5. The van der Waals surface area contributed by atoms with Crippen LogP contribution in [-0.2, 0) is 32.0 Å².